The molecule has 0 saturated heterocycles. The molecule has 5 nitrogen and oxygen atoms in total. The highest BCUT2D eigenvalue weighted by Gasteiger charge is 2.25. The summed E-state index contributed by atoms with van der Waals surface area (Å²) in [6, 6.07) is 22.4. The summed E-state index contributed by atoms with van der Waals surface area (Å²) in [4.78, 5) is 17.9. The van der Waals surface area contributed by atoms with Crippen molar-refractivity contribution in [3.8, 4) is 11.3 Å². The Morgan fingerprint density at radius 3 is 2.59 bits per heavy atom. The van der Waals surface area contributed by atoms with Crippen LogP contribution >= 0.6 is 0 Å². The molecular weight excluding hydrogens is 396 g/mol. The van der Waals surface area contributed by atoms with E-state index in [2.05, 4.69) is 39.7 Å². The monoisotopic (exact) mass is 422 g/mol. The van der Waals surface area contributed by atoms with Gasteiger partial charge in [0.05, 0.1) is 29.2 Å². The molecule has 2 aromatic carbocycles. The van der Waals surface area contributed by atoms with E-state index in [0.29, 0.717) is 11.3 Å². The van der Waals surface area contributed by atoms with E-state index in [-0.39, 0.29) is 11.9 Å². The zero-order chi connectivity index (χ0) is 22.1. The van der Waals surface area contributed by atoms with Crippen LogP contribution in [-0.4, -0.2) is 20.7 Å². The van der Waals surface area contributed by atoms with E-state index < -0.39 is 0 Å². The minimum atomic E-state index is -0.163. The highest BCUT2D eigenvalue weighted by atomic mass is 16.1. The summed E-state index contributed by atoms with van der Waals surface area (Å²) < 4.78 is 1.98. The summed E-state index contributed by atoms with van der Waals surface area (Å²) in [5.41, 5.74) is 6.78. The van der Waals surface area contributed by atoms with E-state index in [1.165, 1.54) is 11.1 Å². The third kappa shape index (κ3) is 3.71. The van der Waals surface area contributed by atoms with Gasteiger partial charge in [0.15, 0.2) is 0 Å². The number of nitrogens with one attached hydrogen (secondary N) is 1. The number of nitrogens with zero attached hydrogens (tertiary/aromatic N) is 3. The predicted octanol–water partition coefficient (Wildman–Crippen LogP) is 5.74. The number of carbonyl (C=O) groups is 1. The summed E-state index contributed by atoms with van der Waals surface area (Å²) in [5.74, 6) is 0.590. The van der Waals surface area contributed by atoms with Gasteiger partial charge in [-0.1, -0.05) is 54.6 Å². The number of anilines is 1. The number of aromatic nitrogens is 3. The number of aryl methyl sites for hydroxylation is 3. The molecule has 0 spiro atoms. The number of rotatable bonds is 4. The minimum Gasteiger partial charge on any atom is -0.306 e. The van der Waals surface area contributed by atoms with Gasteiger partial charge in [0.2, 0.25) is 0 Å². The maximum Gasteiger partial charge on any atom is 0.258 e. The number of benzene rings is 2. The highest BCUT2D eigenvalue weighted by Crippen LogP contribution is 2.35. The fraction of sp³-hybridized carbons (Fsp3) is 0.222. The van der Waals surface area contributed by atoms with E-state index in [1.54, 1.807) is 0 Å². The fourth-order valence-corrected chi connectivity index (χ4v) is 4.57. The Hall–Kier alpha value is -3.73. The molecule has 0 saturated carbocycles. The van der Waals surface area contributed by atoms with Gasteiger partial charge in [-0.3, -0.25) is 9.78 Å². The van der Waals surface area contributed by atoms with E-state index >= 15 is 0 Å². The van der Waals surface area contributed by atoms with Gasteiger partial charge in [0.1, 0.15) is 5.82 Å². The molecule has 4 aromatic rings. The van der Waals surface area contributed by atoms with Crippen LogP contribution in [0.2, 0.25) is 0 Å². The first-order chi connectivity index (χ1) is 15.6. The SMILES string of the molecule is Cc1cnn(C2CCCc3ccccc32)c1NC(=O)c1ccc(-c2ccccc2)nc1C. The number of carbonyl (C=O) groups excluding carboxylic acids is 1. The zero-order valence-corrected chi connectivity index (χ0v) is 18.4. The molecule has 1 unspecified atom stereocenters. The average molecular weight is 423 g/mol. The molecule has 2 heterocycles. The molecule has 160 valence electrons. The van der Waals surface area contributed by atoms with Crippen molar-refractivity contribution in [2.45, 2.75) is 39.2 Å². The molecule has 5 rings (SSSR count). The van der Waals surface area contributed by atoms with Crippen LogP contribution in [0.1, 0.15) is 51.6 Å². The lowest BCUT2D eigenvalue weighted by atomic mass is 9.88. The topological polar surface area (TPSA) is 59.8 Å². The first kappa shape index (κ1) is 20.2. The summed E-state index contributed by atoms with van der Waals surface area (Å²) in [6.07, 6.45) is 5.04. The summed E-state index contributed by atoms with van der Waals surface area (Å²) in [7, 11) is 0. The lowest BCUT2D eigenvalue weighted by molar-refractivity contribution is 0.102. The molecule has 32 heavy (non-hydrogen) atoms. The Morgan fingerprint density at radius 1 is 1.00 bits per heavy atom. The lowest BCUT2D eigenvalue weighted by Gasteiger charge is -2.27. The standard InChI is InChI=1S/C27H26N4O/c1-18-17-28-31(25-14-8-12-20-9-6-7-13-23(20)25)26(18)30-27(32)22-15-16-24(29-19(22)2)21-10-4-3-5-11-21/h3-7,9-11,13,15-17,25H,8,12,14H2,1-2H3,(H,30,32). The van der Waals surface area contributed by atoms with Gasteiger partial charge in [0, 0.05) is 11.1 Å². The number of pyridine rings is 1. The lowest BCUT2D eigenvalue weighted by Crippen LogP contribution is -2.23. The predicted molar refractivity (Wildman–Crippen MR) is 127 cm³/mol. The quantitative estimate of drug-likeness (QED) is 0.456. The summed E-state index contributed by atoms with van der Waals surface area (Å²) in [5, 5.41) is 7.77. The number of amides is 1. The molecule has 0 bridgehead atoms. The van der Waals surface area contributed by atoms with Crippen molar-refractivity contribution in [3.63, 3.8) is 0 Å². The Labute approximate surface area is 188 Å². The van der Waals surface area contributed by atoms with Gasteiger partial charge in [-0.15, -0.1) is 0 Å². The maximum absolute atomic E-state index is 13.2. The van der Waals surface area contributed by atoms with Crippen LogP contribution in [0, 0.1) is 13.8 Å². The molecule has 2 aromatic heterocycles. The second-order valence-electron chi connectivity index (χ2n) is 8.38. The van der Waals surface area contributed by atoms with Crippen LogP contribution in [0.4, 0.5) is 5.82 Å². The largest absolute Gasteiger partial charge is 0.306 e. The summed E-state index contributed by atoms with van der Waals surface area (Å²) in [6.45, 7) is 3.86. The van der Waals surface area contributed by atoms with Gasteiger partial charge in [-0.2, -0.15) is 5.10 Å². The molecule has 1 aliphatic carbocycles. The molecule has 0 radical (unpaired) electrons. The molecule has 0 aliphatic heterocycles. The van der Waals surface area contributed by atoms with Crippen molar-refractivity contribution in [1.82, 2.24) is 14.8 Å². The van der Waals surface area contributed by atoms with Crippen LogP contribution in [0.3, 0.4) is 0 Å². The van der Waals surface area contributed by atoms with Crippen LogP contribution in [0.25, 0.3) is 11.3 Å². The van der Waals surface area contributed by atoms with Crippen molar-refractivity contribution in [2.75, 3.05) is 5.32 Å². The van der Waals surface area contributed by atoms with E-state index in [9.17, 15) is 4.79 Å². The van der Waals surface area contributed by atoms with E-state index in [1.807, 2.05) is 67.2 Å². The minimum absolute atomic E-state index is 0.128. The van der Waals surface area contributed by atoms with Gasteiger partial charge >= 0.3 is 0 Å². The Kier molecular flexibility index (Phi) is 5.31. The number of fused-ring (bicyclic) bond motifs is 1. The van der Waals surface area contributed by atoms with Crippen LogP contribution in [-0.2, 0) is 6.42 Å². The van der Waals surface area contributed by atoms with Crippen LogP contribution < -0.4 is 5.32 Å². The van der Waals surface area contributed by atoms with Crippen LogP contribution in [0.15, 0.2) is 72.9 Å². The molecule has 5 heteroatoms. The first-order valence-corrected chi connectivity index (χ1v) is 11.1. The summed E-state index contributed by atoms with van der Waals surface area (Å²) >= 11 is 0. The second kappa shape index (κ2) is 8.42. The smallest absolute Gasteiger partial charge is 0.258 e. The van der Waals surface area contributed by atoms with Crippen molar-refractivity contribution >= 4 is 11.7 Å². The molecule has 1 amide bonds. The Morgan fingerprint density at radius 2 is 1.78 bits per heavy atom. The van der Waals surface area contributed by atoms with Gasteiger partial charge in [-0.05, 0) is 56.4 Å². The highest BCUT2D eigenvalue weighted by molar-refractivity contribution is 6.05. The zero-order valence-electron chi connectivity index (χ0n) is 18.4. The third-order valence-electron chi connectivity index (χ3n) is 6.24. The van der Waals surface area contributed by atoms with E-state index in [0.717, 1.165) is 41.9 Å². The third-order valence-corrected chi connectivity index (χ3v) is 6.24. The molecule has 1 atom stereocenters. The normalized spacial score (nSPS) is 15.2. The average Bonchev–Trinajstić information content (AvgIpc) is 3.18. The molecule has 1 N–H and O–H groups in total. The van der Waals surface area contributed by atoms with Gasteiger partial charge < -0.3 is 5.32 Å². The maximum atomic E-state index is 13.2. The number of hydrogen-bond donors (Lipinski definition) is 1. The number of hydrogen-bond acceptors (Lipinski definition) is 3. The second-order valence-corrected chi connectivity index (χ2v) is 8.38. The van der Waals surface area contributed by atoms with Crippen molar-refractivity contribution in [3.05, 3.63) is 101 Å². The van der Waals surface area contributed by atoms with Crippen molar-refractivity contribution < 1.29 is 4.79 Å². The molecular formula is C27H26N4O. The Bertz CT molecular complexity index is 1280. The fourth-order valence-electron chi connectivity index (χ4n) is 4.57. The molecule has 1 aliphatic rings. The van der Waals surface area contributed by atoms with E-state index in [4.69, 9.17) is 0 Å². The molecule has 0 fully saturated rings. The van der Waals surface area contributed by atoms with Crippen molar-refractivity contribution in [2.24, 2.45) is 0 Å². The Balaban J connectivity index is 1.44. The van der Waals surface area contributed by atoms with Crippen LogP contribution in [0.5, 0.6) is 0 Å². The van der Waals surface area contributed by atoms with Gasteiger partial charge in [-0.25, -0.2) is 4.68 Å². The van der Waals surface area contributed by atoms with Gasteiger partial charge in [0.25, 0.3) is 5.91 Å². The first-order valence-electron chi connectivity index (χ1n) is 11.1. The van der Waals surface area contributed by atoms with Crippen molar-refractivity contribution in [1.29, 1.82) is 0 Å².